The van der Waals surface area contributed by atoms with Crippen LogP contribution in [0.15, 0.2) is 53.6 Å². The number of benzene rings is 1. The molecule has 0 unspecified atom stereocenters. The second kappa shape index (κ2) is 7.97. The molecule has 0 saturated carbocycles. The molecule has 2 amide bonds. The van der Waals surface area contributed by atoms with E-state index in [9.17, 15) is 22.4 Å². The summed E-state index contributed by atoms with van der Waals surface area (Å²) < 4.78 is 41.9. The van der Waals surface area contributed by atoms with Crippen LogP contribution in [0.3, 0.4) is 0 Å². The predicted molar refractivity (Wildman–Crippen MR) is 102 cm³/mol. The van der Waals surface area contributed by atoms with Crippen molar-refractivity contribution in [1.82, 2.24) is 25.0 Å². The third-order valence-corrected chi connectivity index (χ3v) is 5.64. The molecule has 0 aliphatic heterocycles. The first-order valence-corrected chi connectivity index (χ1v) is 10.00. The van der Waals surface area contributed by atoms with Gasteiger partial charge in [-0.2, -0.15) is 4.72 Å². The fourth-order valence-electron chi connectivity index (χ4n) is 2.69. The number of rotatable bonds is 5. The van der Waals surface area contributed by atoms with Gasteiger partial charge in [0.05, 0.1) is 11.7 Å². The SMILES string of the molecule is Cc1nc2ccccn2c1C(=O)NNC(=O)[C@H](C)NS(=O)(=O)c1ccccc1F. The number of pyridine rings is 1. The third kappa shape index (κ3) is 4.25. The molecule has 0 saturated heterocycles. The van der Waals surface area contributed by atoms with Crippen LogP contribution in [-0.2, 0) is 14.8 Å². The van der Waals surface area contributed by atoms with Crippen LogP contribution in [-0.4, -0.2) is 35.7 Å². The van der Waals surface area contributed by atoms with Gasteiger partial charge in [0.15, 0.2) is 0 Å². The maximum absolute atomic E-state index is 13.7. The van der Waals surface area contributed by atoms with Crippen molar-refractivity contribution in [3.8, 4) is 0 Å². The molecule has 2 heterocycles. The number of fused-ring (bicyclic) bond motifs is 1. The molecule has 0 aliphatic rings. The Morgan fingerprint density at radius 1 is 1.10 bits per heavy atom. The molecule has 0 aliphatic carbocycles. The van der Waals surface area contributed by atoms with Gasteiger partial charge in [0.25, 0.3) is 11.8 Å². The maximum atomic E-state index is 13.7. The number of hydrogen-bond donors (Lipinski definition) is 3. The third-order valence-electron chi connectivity index (χ3n) is 4.07. The van der Waals surface area contributed by atoms with Crippen LogP contribution in [0.4, 0.5) is 4.39 Å². The topological polar surface area (TPSA) is 122 Å². The van der Waals surface area contributed by atoms with E-state index in [1.54, 1.807) is 35.7 Å². The molecule has 0 spiro atoms. The number of hydrogen-bond acceptors (Lipinski definition) is 5. The summed E-state index contributed by atoms with van der Waals surface area (Å²) in [6.45, 7) is 2.91. The first-order valence-electron chi connectivity index (χ1n) is 8.51. The zero-order valence-corrected chi connectivity index (χ0v) is 16.3. The quantitative estimate of drug-likeness (QED) is 0.531. The van der Waals surface area contributed by atoms with Gasteiger partial charge in [0.2, 0.25) is 10.0 Å². The van der Waals surface area contributed by atoms with Crippen molar-refractivity contribution in [3.05, 3.63) is 65.9 Å². The number of nitrogens with one attached hydrogen (secondary N) is 3. The summed E-state index contributed by atoms with van der Waals surface area (Å²) >= 11 is 0. The van der Waals surface area contributed by atoms with Crippen LogP contribution in [0.25, 0.3) is 5.65 Å². The fraction of sp³-hybridized carbons (Fsp3) is 0.167. The Morgan fingerprint density at radius 3 is 2.52 bits per heavy atom. The molecule has 3 N–H and O–H groups in total. The van der Waals surface area contributed by atoms with E-state index < -0.39 is 38.6 Å². The van der Waals surface area contributed by atoms with E-state index in [1.807, 2.05) is 0 Å². The van der Waals surface area contributed by atoms with Gasteiger partial charge in [-0.15, -0.1) is 0 Å². The molecule has 29 heavy (non-hydrogen) atoms. The van der Waals surface area contributed by atoms with E-state index in [1.165, 1.54) is 19.1 Å². The summed E-state index contributed by atoms with van der Waals surface area (Å²) in [5.41, 5.74) is 5.62. The standard InChI is InChI=1S/C18H18FN5O4S/c1-11-16(24-10-6-5-9-15(24)20-11)18(26)22-21-17(25)12(2)23-29(27,28)14-8-4-3-7-13(14)19/h3-10,12,23H,1-2H3,(H,21,25)(H,22,26)/t12-/m0/s1. The number of sulfonamides is 1. The number of amides is 2. The van der Waals surface area contributed by atoms with Crippen molar-refractivity contribution in [2.24, 2.45) is 0 Å². The highest BCUT2D eigenvalue weighted by molar-refractivity contribution is 7.89. The first kappa shape index (κ1) is 20.4. The van der Waals surface area contributed by atoms with Gasteiger partial charge in [-0.1, -0.05) is 18.2 Å². The molecule has 1 aromatic carbocycles. The maximum Gasteiger partial charge on any atom is 0.288 e. The van der Waals surface area contributed by atoms with Gasteiger partial charge in [-0.05, 0) is 38.1 Å². The highest BCUT2D eigenvalue weighted by Gasteiger charge is 2.25. The highest BCUT2D eigenvalue weighted by Crippen LogP contribution is 2.14. The van der Waals surface area contributed by atoms with E-state index in [0.29, 0.717) is 11.3 Å². The van der Waals surface area contributed by atoms with Crippen LogP contribution in [0.2, 0.25) is 0 Å². The average Bonchev–Trinajstić information content (AvgIpc) is 3.01. The van der Waals surface area contributed by atoms with Crippen LogP contribution < -0.4 is 15.6 Å². The van der Waals surface area contributed by atoms with E-state index in [-0.39, 0.29) is 5.69 Å². The normalized spacial score (nSPS) is 12.5. The van der Waals surface area contributed by atoms with E-state index in [0.717, 1.165) is 12.1 Å². The summed E-state index contributed by atoms with van der Waals surface area (Å²) in [7, 11) is -4.27. The molecular weight excluding hydrogens is 401 g/mol. The number of carbonyl (C=O) groups is 2. The number of aryl methyl sites for hydroxylation is 1. The van der Waals surface area contributed by atoms with Crippen LogP contribution in [0.1, 0.15) is 23.1 Å². The Labute approximate surface area is 166 Å². The lowest BCUT2D eigenvalue weighted by atomic mass is 10.3. The molecule has 11 heteroatoms. The van der Waals surface area contributed by atoms with E-state index in [2.05, 4.69) is 20.6 Å². The molecule has 9 nitrogen and oxygen atoms in total. The van der Waals surface area contributed by atoms with Crippen molar-refractivity contribution in [3.63, 3.8) is 0 Å². The summed E-state index contributed by atoms with van der Waals surface area (Å²) in [5, 5.41) is 0. The average molecular weight is 419 g/mol. The lowest BCUT2D eigenvalue weighted by molar-refractivity contribution is -0.123. The molecule has 0 fully saturated rings. The second-order valence-electron chi connectivity index (χ2n) is 6.19. The number of aromatic nitrogens is 2. The largest absolute Gasteiger partial charge is 0.295 e. The van der Waals surface area contributed by atoms with Crippen molar-refractivity contribution < 1.29 is 22.4 Å². The van der Waals surface area contributed by atoms with Gasteiger partial charge in [0.1, 0.15) is 22.1 Å². The van der Waals surface area contributed by atoms with Gasteiger partial charge >= 0.3 is 0 Å². The number of hydrazine groups is 1. The lowest BCUT2D eigenvalue weighted by Gasteiger charge is -2.15. The zero-order valence-electron chi connectivity index (χ0n) is 15.5. The minimum atomic E-state index is -4.27. The Kier molecular flexibility index (Phi) is 5.62. The van der Waals surface area contributed by atoms with E-state index in [4.69, 9.17) is 0 Å². The van der Waals surface area contributed by atoms with Crippen molar-refractivity contribution in [2.75, 3.05) is 0 Å². The van der Waals surface area contributed by atoms with Gasteiger partial charge in [-0.25, -0.2) is 17.8 Å². The Morgan fingerprint density at radius 2 is 1.79 bits per heavy atom. The second-order valence-corrected chi connectivity index (χ2v) is 7.87. The summed E-state index contributed by atoms with van der Waals surface area (Å²) in [6.07, 6.45) is 1.65. The Balaban J connectivity index is 1.66. The molecule has 3 rings (SSSR count). The van der Waals surface area contributed by atoms with Gasteiger partial charge < -0.3 is 0 Å². The molecule has 1 atom stereocenters. The Bertz CT molecular complexity index is 1190. The highest BCUT2D eigenvalue weighted by atomic mass is 32.2. The van der Waals surface area contributed by atoms with E-state index >= 15 is 0 Å². The number of imidazole rings is 1. The zero-order chi connectivity index (χ0) is 21.2. The molecule has 0 radical (unpaired) electrons. The monoisotopic (exact) mass is 419 g/mol. The predicted octanol–water partition coefficient (Wildman–Crippen LogP) is 0.910. The minimum absolute atomic E-state index is 0.223. The summed E-state index contributed by atoms with van der Waals surface area (Å²) in [6, 6.07) is 8.74. The van der Waals surface area contributed by atoms with Gasteiger partial charge in [0, 0.05) is 6.20 Å². The van der Waals surface area contributed by atoms with Crippen LogP contribution in [0.5, 0.6) is 0 Å². The molecule has 3 aromatic rings. The number of carbonyl (C=O) groups excluding carboxylic acids is 2. The molecule has 0 bridgehead atoms. The number of halogens is 1. The van der Waals surface area contributed by atoms with Gasteiger partial charge in [-0.3, -0.25) is 24.8 Å². The van der Waals surface area contributed by atoms with Crippen molar-refractivity contribution in [2.45, 2.75) is 24.8 Å². The Hall–Kier alpha value is -3.31. The minimum Gasteiger partial charge on any atom is -0.295 e. The van der Waals surface area contributed by atoms with Crippen molar-refractivity contribution >= 4 is 27.5 Å². The summed E-state index contributed by atoms with van der Waals surface area (Å²) in [5.74, 6) is -2.40. The smallest absolute Gasteiger partial charge is 0.288 e. The fourth-order valence-corrected chi connectivity index (χ4v) is 3.97. The molecule has 152 valence electrons. The molecule has 2 aromatic heterocycles. The molecular formula is C18H18FN5O4S. The van der Waals surface area contributed by atoms with Crippen molar-refractivity contribution in [1.29, 1.82) is 0 Å². The summed E-state index contributed by atoms with van der Waals surface area (Å²) in [4.78, 5) is 28.3. The lowest BCUT2D eigenvalue weighted by Crippen LogP contribution is -2.51. The van der Waals surface area contributed by atoms with Crippen LogP contribution in [0, 0.1) is 12.7 Å². The number of nitrogens with zero attached hydrogens (tertiary/aromatic N) is 2. The van der Waals surface area contributed by atoms with Crippen LogP contribution >= 0.6 is 0 Å². The first-order chi connectivity index (χ1) is 13.7.